The zero-order valence-corrected chi connectivity index (χ0v) is 20.7. The van der Waals surface area contributed by atoms with E-state index in [1.165, 1.54) is 4.90 Å². The van der Waals surface area contributed by atoms with Gasteiger partial charge in [0.05, 0.1) is 6.42 Å². The van der Waals surface area contributed by atoms with Crippen molar-refractivity contribution in [3.05, 3.63) is 67.6 Å². The SMILES string of the molecule is CC[C@H](C)NC(=O)[C@H](CC)N(Cc1ccc(Cl)cc1Cl)C(=O)Cc1c(Cl)cccc1Cl. The maximum atomic E-state index is 13.4. The van der Waals surface area contributed by atoms with Gasteiger partial charge in [-0.15, -0.1) is 0 Å². The van der Waals surface area contributed by atoms with Gasteiger partial charge >= 0.3 is 0 Å². The summed E-state index contributed by atoms with van der Waals surface area (Å²) in [6.07, 6.45) is 1.20. The Labute approximate surface area is 203 Å². The lowest BCUT2D eigenvalue weighted by Crippen LogP contribution is -2.51. The number of benzene rings is 2. The first kappa shape index (κ1) is 25.8. The van der Waals surface area contributed by atoms with Crippen molar-refractivity contribution in [2.45, 2.75) is 58.7 Å². The molecule has 0 aliphatic heterocycles. The predicted octanol–water partition coefficient (Wildman–Crippen LogP) is 6.56. The molecule has 0 aromatic heterocycles. The standard InChI is InChI=1S/C23H26Cl4N2O2/c1-4-14(3)28-23(31)21(5-2)29(13-15-9-10-16(24)11-20(15)27)22(30)12-17-18(25)7-6-8-19(17)26/h6-11,14,21H,4-5,12-13H2,1-3H3,(H,28,31)/t14-,21-/m0/s1. The first-order valence-electron chi connectivity index (χ1n) is 10.1. The molecule has 2 amide bonds. The molecule has 2 aromatic rings. The van der Waals surface area contributed by atoms with Crippen LogP contribution in [0.2, 0.25) is 20.1 Å². The Morgan fingerprint density at radius 1 is 0.968 bits per heavy atom. The Balaban J connectivity index is 2.40. The molecular formula is C23H26Cl4N2O2. The summed E-state index contributed by atoms with van der Waals surface area (Å²) in [7, 11) is 0. The summed E-state index contributed by atoms with van der Waals surface area (Å²) < 4.78 is 0. The molecule has 168 valence electrons. The van der Waals surface area contributed by atoms with Gasteiger partial charge in [0.25, 0.3) is 0 Å². The molecule has 2 atom stereocenters. The highest BCUT2D eigenvalue weighted by Gasteiger charge is 2.30. The molecule has 0 fully saturated rings. The summed E-state index contributed by atoms with van der Waals surface area (Å²) in [5.74, 6) is -0.479. The van der Waals surface area contributed by atoms with Gasteiger partial charge in [-0.1, -0.05) is 72.4 Å². The monoisotopic (exact) mass is 502 g/mol. The fourth-order valence-electron chi connectivity index (χ4n) is 3.15. The maximum absolute atomic E-state index is 13.4. The second-order valence-electron chi connectivity index (χ2n) is 7.38. The van der Waals surface area contributed by atoms with Crippen molar-refractivity contribution in [3.63, 3.8) is 0 Å². The Kier molecular flexibility index (Phi) is 9.95. The molecule has 0 saturated heterocycles. The molecule has 2 aromatic carbocycles. The summed E-state index contributed by atoms with van der Waals surface area (Å²) in [5.41, 5.74) is 1.22. The Hall–Kier alpha value is -1.46. The van der Waals surface area contributed by atoms with Crippen LogP contribution in [0.25, 0.3) is 0 Å². The van der Waals surface area contributed by atoms with Crippen molar-refractivity contribution >= 4 is 58.2 Å². The van der Waals surface area contributed by atoms with Gasteiger partial charge in [-0.3, -0.25) is 9.59 Å². The smallest absolute Gasteiger partial charge is 0.243 e. The molecule has 0 aliphatic rings. The van der Waals surface area contributed by atoms with E-state index in [1.54, 1.807) is 36.4 Å². The quantitative estimate of drug-likeness (QED) is 0.421. The average molecular weight is 504 g/mol. The van der Waals surface area contributed by atoms with Crippen LogP contribution in [0.3, 0.4) is 0 Å². The molecule has 2 rings (SSSR count). The zero-order valence-electron chi connectivity index (χ0n) is 17.7. The Bertz CT molecular complexity index is 916. The molecule has 0 unspecified atom stereocenters. The van der Waals surface area contributed by atoms with Gasteiger partial charge in [-0.05, 0) is 55.2 Å². The number of hydrogen-bond acceptors (Lipinski definition) is 2. The van der Waals surface area contributed by atoms with Crippen LogP contribution >= 0.6 is 46.4 Å². The highest BCUT2D eigenvalue weighted by molar-refractivity contribution is 6.36. The Morgan fingerprint density at radius 2 is 1.61 bits per heavy atom. The van der Waals surface area contributed by atoms with Gasteiger partial charge in [0.1, 0.15) is 6.04 Å². The van der Waals surface area contributed by atoms with Crippen molar-refractivity contribution in [2.24, 2.45) is 0 Å². The number of nitrogens with one attached hydrogen (secondary N) is 1. The average Bonchev–Trinajstić information content (AvgIpc) is 2.71. The highest BCUT2D eigenvalue weighted by Crippen LogP contribution is 2.27. The molecule has 1 N–H and O–H groups in total. The van der Waals surface area contributed by atoms with Crippen molar-refractivity contribution in [1.29, 1.82) is 0 Å². The van der Waals surface area contributed by atoms with Gasteiger partial charge in [0.15, 0.2) is 0 Å². The maximum Gasteiger partial charge on any atom is 0.243 e. The van der Waals surface area contributed by atoms with E-state index in [4.69, 9.17) is 46.4 Å². The molecule has 8 heteroatoms. The normalized spacial score (nSPS) is 12.9. The number of carbonyl (C=O) groups is 2. The lowest BCUT2D eigenvalue weighted by Gasteiger charge is -2.32. The van der Waals surface area contributed by atoms with E-state index in [1.807, 2.05) is 20.8 Å². The molecule has 0 bridgehead atoms. The summed E-state index contributed by atoms with van der Waals surface area (Å²) in [5, 5.41) is 4.71. The first-order valence-corrected chi connectivity index (χ1v) is 11.7. The van der Waals surface area contributed by atoms with E-state index in [9.17, 15) is 9.59 Å². The van der Waals surface area contributed by atoms with Gasteiger partial charge in [-0.25, -0.2) is 0 Å². The minimum absolute atomic E-state index is 0.00404. The Morgan fingerprint density at radius 3 is 2.16 bits per heavy atom. The number of halogens is 4. The first-order chi connectivity index (χ1) is 14.7. The van der Waals surface area contributed by atoms with Crippen LogP contribution in [-0.4, -0.2) is 28.8 Å². The fraction of sp³-hybridized carbons (Fsp3) is 0.391. The molecular weight excluding hydrogens is 478 g/mol. The van der Waals surface area contributed by atoms with Gasteiger partial charge in [0.2, 0.25) is 11.8 Å². The van der Waals surface area contributed by atoms with E-state index in [0.29, 0.717) is 37.6 Å². The van der Waals surface area contributed by atoms with Crippen LogP contribution in [0.15, 0.2) is 36.4 Å². The van der Waals surface area contributed by atoms with Crippen LogP contribution in [0, 0.1) is 0 Å². The number of rotatable bonds is 9. The van der Waals surface area contributed by atoms with Crippen molar-refractivity contribution in [2.75, 3.05) is 0 Å². The highest BCUT2D eigenvalue weighted by atomic mass is 35.5. The van der Waals surface area contributed by atoms with Gasteiger partial charge < -0.3 is 10.2 Å². The molecule has 31 heavy (non-hydrogen) atoms. The van der Waals surface area contributed by atoms with E-state index in [2.05, 4.69) is 5.32 Å². The molecule has 0 spiro atoms. The van der Waals surface area contributed by atoms with Crippen LogP contribution in [-0.2, 0) is 22.6 Å². The van der Waals surface area contributed by atoms with E-state index < -0.39 is 6.04 Å². The molecule has 4 nitrogen and oxygen atoms in total. The topological polar surface area (TPSA) is 49.4 Å². The van der Waals surface area contributed by atoms with E-state index in [-0.39, 0.29) is 30.8 Å². The number of nitrogens with zero attached hydrogens (tertiary/aromatic N) is 1. The molecule has 0 saturated carbocycles. The minimum atomic E-state index is -0.672. The number of hydrogen-bond donors (Lipinski definition) is 1. The van der Waals surface area contributed by atoms with Crippen LogP contribution < -0.4 is 5.32 Å². The predicted molar refractivity (Wildman–Crippen MR) is 129 cm³/mol. The minimum Gasteiger partial charge on any atom is -0.352 e. The molecule has 0 heterocycles. The zero-order chi connectivity index (χ0) is 23.1. The third kappa shape index (κ3) is 7.01. The largest absolute Gasteiger partial charge is 0.352 e. The van der Waals surface area contributed by atoms with Gasteiger partial charge in [0, 0.05) is 32.7 Å². The fourth-order valence-corrected chi connectivity index (χ4v) is 4.15. The summed E-state index contributed by atoms with van der Waals surface area (Å²) >= 11 is 24.9. The van der Waals surface area contributed by atoms with Gasteiger partial charge in [-0.2, -0.15) is 0 Å². The van der Waals surface area contributed by atoms with Crippen LogP contribution in [0.4, 0.5) is 0 Å². The molecule has 0 aliphatic carbocycles. The van der Waals surface area contributed by atoms with Crippen LogP contribution in [0.1, 0.15) is 44.7 Å². The second kappa shape index (κ2) is 12.0. The third-order valence-electron chi connectivity index (χ3n) is 5.13. The van der Waals surface area contributed by atoms with Crippen molar-refractivity contribution in [1.82, 2.24) is 10.2 Å². The number of amides is 2. The second-order valence-corrected chi connectivity index (χ2v) is 9.03. The lowest BCUT2D eigenvalue weighted by atomic mass is 10.1. The summed E-state index contributed by atoms with van der Waals surface area (Å²) in [4.78, 5) is 27.9. The lowest BCUT2D eigenvalue weighted by molar-refractivity contribution is -0.141. The summed E-state index contributed by atoms with van der Waals surface area (Å²) in [6.45, 7) is 5.94. The van der Waals surface area contributed by atoms with Crippen molar-refractivity contribution in [3.8, 4) is 0 Å². The van der Waals surface area contributed by atoms with E-state index in [0.717, 1.165) is 6.42 Å². The number of carbonyl (C=O) groups excluding carboxylic acids is 2. The molecule has 0 radical (unpaired) electrons. The van der Waals surface area contributed by atoms with Crippen molar-refractivity contribution < 1.29 is 9.59 Å². The van der Waals surface area contributed by atoms with Crippen LogP contribution in [0.5, 0.6) is 0 Å². The van der Waals surface area contributed by atoms with E-state index >= 15 is 0 Å². The third-order valence-corrected chi connectivity index (χ3v) is 6.43. The summed E-state index contributed by atoms with van der Waals surface area (Å²) in [6, 6.07) is 9.49.